The van der Waals surface area contributed by atoms with E-state index in [2.05, 4.69) is 5.32 Å². The molecule has 0 bridgehead atoms. The first-order valence-electron chi connectivity index (χ1n) is 10.6. The molecule has 4 rings (SSSR count). The van der Waals surface area contributed by atoms with Gasteiger partial charge >= 0.3 is 0 Å². The minimum atomic E-state index is -0.675. The Hall–Kier alpha value is -3.61. The fourth-order valence-corrected chi connectivity index (χ4v) is 4.17. The quantitative estimate of drug-likeness (QED) is 0.443. The van der Waals surface area contributed by atoms with Crippen LogP contribution in [0.5, 0.6) is 0 Å². The monoisotopic (exact) mass is 493 g/mol. The number of rotatable bonds is 6. The largest absolute Gasteiger partial charge is 0.350 e. The SMILES string of the molecule is CCN(C(=O)c1cccc(NC2=C(Cl)C(=O)N(c3ccccc3Cl)C2=O)c1)c1cccc(C)c1. The van der Waals surface area contributed by atoms with Gasteiger partial charge in [-0.1, -0.05) is 53.5 Å². The summed E-state index contributed by atoms with van der Waals surface area (Å²) in [6.07, 6.45) is 0. The third-order valence-corrected chi connectivity index (χ3v) is 6.04. The first-order valence-corrected chi connectivity index (χ1v) is 11.4. The summed E-state index contributed by atoms with van der Waals surface area (Å²) in [4.78, 5) is 41.6. The summed E-state index contributed by atoms with van der Waals surface area (Å²) in [6.45, 7) is 4.35. The Morgan fingerprint density at radius 3 is 2.38 bits per heavy atom. The van der Waals surface area contributed by atoms with Gasteiger partial charge in [0.15, 0.2) is 0 Å². The van der Waals surface area contributed by atoms with Crippen LogP contribution in [-0.2, 0) is 9.59 Å². The Labute approximate surface area is 207 Å². The van der Waals surface area contributed by atoms with E-state index in [1.54, 1.807) is 53.4 Å². The van der Waals surface area contributed by atoms with Gasteiger partial charge in [0, 0.05) is 23.5 Å². The standard InChI is InChI=1S/C26H21Cl2N3O3/c1-3-30(19-11-6-8-16(2)14-19)24(32)17-9-7-10-18(15-17)29-23-22(28)25(33)31(26(23)34)21-13-5-4-12-20(21)27/h4-15,29H,3H2,1-2H3. The molecular weight excluding hydrogens is 473 g/mol. The predicted molar refractivity (Wildman–Crippen MR) is 135 cm³/mol. The zero-order chi connectivity index (χ0) is 24.4. The molecule has 1 heterocycles. The van der Waals surface area contributed by atoms with Gasteiger partial charge in [0.25, 0.3) is 17.7 Å². The molecule has 0 atom stereocenters. The minimum absolute atomic E-state index is 0.0813. The van der Waals surface area contributed by atoms with E-state index in [0.717, 1.165) is 16.2 Å². The Bertz CT molecular complexity index is 1340. The number of imide groups is 1. The number of hydrogen-bond acceptors (Lipinski definition) is 4. The van der Waals surface area contributed by atoms with Crippen molar-refractivity contribution in [3.05, 3.63) is 99.7 Å². The number of para-hydroxylation sites is 1. The Kier molecular flexibility index (Phi) is 6.72. The maximum Gasteiger partial charge on any atom is 0.283 e. The molecule has 0 unspecified atom stereocenters. The summed E-state index contributed by atoms with van der Waals surface area (Å²) in [5.41, 5.74) is 2.88. The van der Waals surface area contributed by atoms with Crippen LogP contribution < -0.4 is 15.1 Å². The number of aryl methyl sites for hydroxylation is 1. The summed E-state index contributed by atoms with van der Waals surface area (Å²) in [7, 11) is 0. The van der Waals surface area contributed by atoms with Crippen LogP contribution in [0, 0.1) is 6.92 Å². The second-order valence-corrected chi connectivity index (χ2v) is 8.47. The molecule has 0 aliphatic carbocycles. The Balaban J connectivity index is 1.60. The minimum Gasteiger partial charge on any atom is -0.350 e. The van der Waals surface area contributed by atoms with Crippen molar-refractivity contribution < 1.29 is 14.4 Å². The molecule has 6 nitrogen and oxygen atoms in total. The summed E-state index contributed by atoms with van der Waals surface area (Å²) < 4.78 is 0. The number of amides is 3. The topological polar surface area (TPSA) is 69.7 Å². The van der Waals surface area contributed by atoms with Gasteiger partial charge in [-0.15, -0.1) is 0 Å². The van der Waals surface area contributed by atoms with Gasteiger partial charge in [0.2, 0.25) is 0 Å². The van der Waals surface area contributed by atoms with Gasteiger partial charge < -0.3 is 10.2 Å². The van der Waals surface area contributed by atoms with Crippen molar-refractivity contribution in [1.29, 1.82) is 0 Å². The predicted octanol–water partition coefficient (Wildman–Crippen LogP) is 5.75. The zero-order valence-corrected chi connectivity index (χ0v) is 20.0. The lowest BCUT2D eigenvalue weighted by Gasteiger charge is -2.22. The Morgan fingerprint density at radius 2 is 1.68 bits per heavy atom. The smallest absolute Gasteiger partial charge is 0.283 e. The third-order valence-electron chi connectivity index (χ3n) is 5.37. The molecule has 3 amide bonds. The van der Waals surface area contributed by atoms with Crippen LogP contribution in [-0.4, -0.2) is 24.3 Å². The fourth-order valence-electron chi connectivity index (χ4n) is 3.73. The van der Waals surface area contributed by atoms with Crippen molar-refractivity contribution >= 4 is 58.0 Å². The highest BCUT2D eigenvalue weighted by Gasteiger charge is 2.39. The summed E-state index contributed by atoms with van der Waals surface area (Å²) in [5.74, 6) is -1.50. The molecular formula is C26H21Cl2N3O3. The lowest BCUT2D eigenvalue weighted by Crippen LogP contribution is -2.32. The molecule has 0 saturated carbocycles. The number of hydrogen-bond donors (Lipinski definition) is 1. The van der Waals surface area contributed by atoms with Crippen LogP contribution in [0.2, 0.25) is 5.02 Å². The van der Waals surface area contributed by atoms with E-state index in [1.165, 1.54) is 0 Å². The molecule has 0 saturated heterocycles. The first kappa shape index (κ1) is 23.5. The highest BCUT2D eigenvalue weighted by Crippen LogP contribution is 2.34. The van der Waals surface area contributed by atoms with E-state index >= 15 is 0 Å². The maximum absolute atomic E-state index is 13.2. The van der Waals surface area contributed by atoms with E-state index in [-0.39, 0.29) is 27.3 Å². The van der Waals surface area contributed by atoms with Gasteiger partial charge in [-0.05, 0) is 61.9 Å². The number of carbonyl (C=O) groups is 3. The van der Waals surface area contributed by atoms with E-state index in [1.807, 2.05) is 38.1 Å². The van der Waals surface area contributed by atoms with Crippen LogP contribution >= 0.6 is 23.2 Å². The van der Waals surface area contributed by atoms with E-state index in [9.17, 15) is 14.4 Å². The van der Waals surface area contributed by atoms with Gasteiger partial charge in [0.1, 0.15) is 10.7 Å². The number of anilines is 3. The summed E-state index contributed by atoms with van der Waals surface area (Å²) >= 11 is 12.4. The second kappa shape index (κ2) is 9.71. The van der Waals surface area contributed by atoms with Crippen LogP contribution in [0.3, 0.4) is 0 Å². The van der Waals surface area contributed by atoms with Crippen LogP contribution in [0.4, 0.5) is 17.1 Å². The average Bonchev–Trinajstić information content (AvgIpc) is 3.03. The molecule has 34 heavy (non-hydrogen) atoms. The van der Waals surface area contributed by atoms with Gasteiger partial charge in [0.05, 0.1) is 10.7 Å². The van der Waals surface area contributed by atoms with E-state index < -0.39 is 11.8 Å². The molecule has 1 N–H and O–H groups in total. The average molecular weight is 494 g/mol. The number of carbonyl (C=O) groups excluding carboxylic acids is 3. The van der Waals surface area contributed by atoms with Crippen molar-refractivity contribution in [3.63, 3.8) is 0 Å². The van der Waals surface area contributed by atoms with Crippen LogP contribution in [0.15, 0.2) is 83.5 Å². The first-order chi connectivity index (χ1) is 16.3. The molecule has 172 valence electrons. The fraction of sp³-hybridized carbons (Fsp3) is 0.115. The Morgan fingerprint density at radius 1 is 0.941 bits per heavy atom. The van der Waals surface area contributed by atoms with Crippen molar-refractivity contribution in [2.45, 2.75) is 13.8 Å². The molecule has 3 aromatic rings. The molecule has 1 aliphatic rings. The second-order valence-electron chi connectivity index (χ2n) is 7.68. The van der Waals surface area contributed by atoms with Gasteiger partial charge in [-0.2, -0.15) is 0 Å². The van der Waals surface area contributed by atoms with Crippen molar-refractivity contribution in [2.24, 2.45) is 0 Å². The molecule has 0 fully saturated rings. The number of nitrogens with zero attached hydrogens (tertiary/aromatic N) is 2. The zero-order valence-electron chi connectivity index (χ0n) is 18.5. The van der Waals surface area contributed by atoms with Crippen molar-refractivity contribution in [3.8, 4) is 0 Å². The molecule has 1 aliphatic heterocycles. The van der Waals surface area contributed by atoms with Gasteiger partial charge in [-0.25, -0.2) is 4.90 Å². The lowest BCUT2D eigenvalue weighted by molar-refractivity contribution is -0.120. The summed E-state index contributed by atoms with van der Waals surface area (Å²) in [5, 5.41) is 2.91. The van der Waals surface area contributed by atoms with E-state index in [4.69, 9.17) is 23.2 Å². The maximum atomic E-state index is 13.2. The van der Waals surface area contributed by atoms with Crippen molar-refractivity contribution in [2.75, 3.05) is 21.7 Å². The third kappa shape index (κ3) is 4.42. The molecule has 3 aromatic carbocycles. The number of halogens is 2. The van der Waals surface area contributed by atoms with E-state index in [0.29, 0.717) is 17.8 Å². The molecule has 0 aromatic heterocycles. The molecule has 0 radical (unpaired) electrons. The van der Waals surface area contributed by atoms with Crippen molar-refractivity contribution in [1.82, 2.24) is 0 Å². The molecule has 0 spiro atoms. The number of nitrogens with one attached hydrogen (secondary N) is 1. The molecule has 8 heteroatoms. The van der Waals surface area contributed by atoms with Crippen LogP contribution in [0.1, 0.15) is 22.8 Å². The lowest BCUT2D eigenvalue weighted by atomic mass is 10.1. The van der Waals surface area contributed by atoms with Crippen LogP contribution in [0.25, 0.3) is 0 Å². The normalized spacial score (nSPS) is 13.5. The highest BCUT2D eigenvalue weighted by molar-refractivity contribution is 6.53. The summed E-state index contributed by atoms with van der Waals surface area (Å²) in [6, 6.07) is 20.9. The number of benzene rings is 3. The van der Waals surface area contributed by atoms with Gasteiger partial charge in [-0.3, -0.25) is 14.4 Å². The highest BCUT2D eigenvalue weighted by atomic mass is 35.5.